The molecule has 57 heavy (non-hydrogen) atoms. The highest BCUT2D eigenvalue weighted by molar-refractivity contribution is 6.08. The molecule has 314 valence electrons. The van der Waals surface area contributed by atoms with Gasteiger partial charge in [-0.25, -0.2) is 14.0 Å². The van der Waals surface area contributed by atoms with Crippen molar-refractivity contribution in [2.45, 2.75) is 141 Å². The average Bonchev–Trinajstić information content (AvgIpc) is 3.48. The van der Waals surface area contributed by atoms with Gasteiger partial charge in [0, 0.05) is 36.2 Å². The minimum Gasteiger partial charge on any atom is -0.455 e. The molecule has 13 atom stereocenters. The smallest absolute Gasteiger partial charge is 0.408 e. The van der Waals surface area contributed by atoms with Gasteiger partial charge in [0.25, 0.3) is 5.67 Å². The number of esters is 1. The highest BCUT2D eigenvalue weighted by Crippen LogP contribution is 2.41. The molecule has 1 aromatic heterocycles. The SMILES string of the molecule is CCC[C@H]1OC(=O)[C@@](C)(F)C(=O)[C@H](C)[C@@H](OC2O[C@H](C)C[C@H](N(C)C)[C@H]2O)[C@](C)(OC/C=C/c2ccc3nccnc3c2)C[C@@H](C)C(=O)[C@H](C)[C@@H]2NC(=O)O[C@]12C. The molecule has 2 N–H and O–H groups in total. The van der Waals surface area contributed by atoms with Gasteiger partial charge < -0.3 is 39.0 Å². The van der Waals surface area contributed by atoms with E-state index >= 15 is 4.39 Å². The Balaban J connectivity index is 1.59. The number of cyclic esters (lactones) is 1. The number of likely N-dealkylation sites (N-methyl/N-ethyl adjacent to an activating group) is 1. The summed E-state index contributed by atoms with van der Waals surface area (Å²) in [7, 11) is 3.64. The van der Waals surface area contributed by atoms with Gasteiger partial charge >= 0.3 is 12.1 Å². The lowest BCUT2D eigenvalue weighted by Gasteiger charge is -2.47. The Morgan fingerprint density at radius 3 is 2.39 bits per heavy atom. The number of nitrogens with zero attached hydrogens (tertiary/aromatic N) is 3. The van der Waals surface area contributed by atoms with Crippen molar-refractivity contribution in [1.29, 1.82) is 0 Å². The second kappa shape index (κ2) is 17.5. The Bertz CT molecular complexity index is 1830. The molecule has 14 nitrogen and oxygen atoms in total. The minimum atomic E-state index is -3.20. The number of ketones is 2. The summed E-state index contributed by atoms with van der Waals surface area (Å²) in [5, 5.41) is 14.3. The Labute approximate surface area is 334 Å². The Hall–Kier alpha value is -3.89. The lowest BCUT2D eigenvalue weighted by molar-refractivity contribution is -0.297. The van der Waals surface area contributed by atoms with Crippen molar-refractivity contribution >= 4 is 40.7 Å². The molecule has 3 aliphatic heterocycles. The monoisotopic (exact) mass is 798 g/mol. The van der Waals surface area contributed by atoms with E-state index in [1.807, 2.05) is 57.1 Å². The highest BCUT2D eigenvalue weighted by atomic mass is 19.1. The number of Topliss-reactive ketones (excluding diaryl/α,β-unsaturated/α-hetero) is 2. The van der Waals surface area contributed by atoms with Crippen LogP contribution in [0.2, 0.25) is 0 Å². The molecule has 1 aromatic carbocycles. The summed E-state index contributed by atoms with van der Waals surface area (Å²) in [6.45, 7) is 12.5. The van der Waals surface area contributed by atoms with Crippen LogP contribution >= 0.6 is 0 Å². The number of aliphatic hydroxyl groups excluding tert-OH is 1. The average molecular weight is 799 g/mol. The van der Waals surface area contributed by atoms with E-state index in [4.69, 9.17) is 23.7 Å². The number of amides is 1. The van der Waals surface area contributed by atoms with E-state index in [1.165, 1.54) is 6.92 Å². The molecule has 0 radical (unpaired) electrons. The summed E-state index contributed by atoms with van der Waals surface area (Å²) in [6, 6.07) is 4.24. The molecule has 1 unspecified atom stereocenters. The first-order valence-electron chi connectivity index (χ1n) is 19.9. The van der Waals surface area contributed by atoms with Crippen LogP contribution in [0.4, 0.5) is 9.18 Å². The van der Waals surface area contributed by atoms with Crippen molar-refractivity contribution < 1.29 is 52.4 Å². The van der Waals surface area contributed by atoms with Gasteiger partial charge in [-0.3, -0.25) is 19.6 Å². The van der Waals surface area contributed by atoms with E-state index in [-0.39, 0.29) is 37.4 Å². The maximum absolute atomic E-state index is 17.0. The first-order chi connectivity index (χ1) is 26.7. The van der Waals surface area contributed by atoms with Crippen LogP contribution in [0.15, 0.2) is 36.7 Å². The molecule has 4 heterocycles. The predicted molar refractivity (Wildman–Crippen MR) is 208 cm³/mol. The molecule has 0 saturated carbocycles. The number of benzene rings is 1. The normalized spacial score (nSPS) is 38.5. The zero-order chi connectivity index (χ0) is 42.0. The van der Waals surface area contributed by atoms with Crippen LogP contribution in [0, 0.1) is 17.8 Å². The number of rotatable bonds is 9. The number of hydrogen-bond acceptors (Lipinski definition) is 13. The number of alkyl halides is 1. The van der Waals surface area contributed by atoms with Gasteiger partial charge in [-0.2, -0.15) is 0 Å². The van der Waals surface area contributed by atoms with E-state index in [1.54, 1.807) is 46.2 Å². The van der Waals surface area contributed by atoms with Crippen molar-refractivity contribution in [1.82, 2.24) is 20.2 Å². The topological polar surface area (TPSA) is 176 Å². The van der Waals surface area contributed by atoms with Gasteiger partial charge in [-0.1, -0.05) is 52.3 Å². The molecule has 15 heteroatoms. The van der Waals surface area contributed by atoms with Crippen LogP contribution in [0.5, 0.6) is 0 Å². The summed E-state index contributed by atoms with van der Waals surface area (Å²) < 4.78 is 47.9. The summed E-state index contributed by atoms with van der Waals surface area (Å²) in [6.07, 6.45) is 1.63. The number of alkyl carbamates (subject to hydrolysis) is 1. The van der Waals surface area contributed by atoms with E-state index in [0.717, 1.165) is 18.0 Å². The zero-order valence-corrected chi connectivity index (χ0v) is 34.7. The Morgan fingerprint density at radius 2 is 1.72 bits per heavy atom. The second-order valence-electron chi connectivity index (χ2n) is 16.8. The lowest BCUT2D eigenvalue weighted by atomic mass is 9.73. The first-order valence-corrected chi connectivity index (χ1v) is 19.9. The second-order valence-corrected chi connectivity index (χ2v) is 16.8. The number of ether oxygens (including phenoxy) is 5. The van der Waals surface area contributed by atoms with E-state index in [2.05, 4.69) is 15.3 Å². The number of fused-ring (bicyclic) bond motifs is 2. The van der Waals surface area contributed by atoms with Crippen molar-refractivity contribution in [3.63, 3.8) is 0 Å². The fourth-order valence-corrected chi connectivity index (χ4v) is 8.76. The van der Waals surface area contributed by atoms with Crippen molar-refractivity contribution in [2.75, 3.05) is 20.7 Å². The third-order valence-corrected chi connectivity index (χ3v) is 12.0. The fraction of sp³-hybridized carbons (Fsp3) is 0.667. The molecule has 5 rings (SSSR count). The number of carbonyl (C=O) groups is 4. The summed E-state index contributed by atoms with van der Waals surface area (Å²) in [5.41, 5.74) is -4.06. The third kappa shape index (κ3) is 9.22. The van der Waals surface area contributed by atoms with Gasteiger partial charge in [-0.15, -0.1) is 0 Å². The maximum Gasteiger partial charge on any atom is 0.408 e. The third-order valence-electron chi connectivity index (χ3n) is 12.0. The first kappa shape index (κ1) is 44.2. The van der Waals surface area contributed by atoms with Crippen LogP contribution in [0.3, 0.4) is 0 Å². The van der Waals surface area contributed by atoms with Crippen LogP contribution in [0.1, 0.15) is 86.6 Å². The number of carbonyl (C=O) groups excluding carboxylic acids is 4. The molecule has 1 amide bonds. The molecule has 0 spiro atoms. The molecule has 0 aliphatic carbocycles. The predicted octanol–water partition coefficient (Wildman–Crippen LogP) is 4.99. The van der Waals surface area contributed by atoms with Crippen molar-refractivity contribution in [2.24, 2.45) is 17.8 Å². The quantitative estimate of drug-likeness (QED) is 0.257. The van der Waals surface area contributed by atoms with Gasteiger partial charge in [0.15, 0.2) is 17.7 Å². The molecule has 3 aliphatic rings. The summed E-state index contributed by atoms with van der Waals surface area (Å²) in [5.74, 6) is -5.94. The van der Waals surface area contributed by atoms with Crippen LogP contribution < -0.4 is 5.32 Å². The lowest BCUT2D eigenvalue weighted by Crippen LogP contribution is -2.61. The maximum atomic E-state index is 17.0. The van der Waals surface area contributed by atoms with Gasteiger partial charge in [0.1, 0.15) is 18.0 Å². The fourth-order valence-electron chi connectivity index (χ4n) is 8.76. The largest absolute Gasteiger partial charge is 0.455 e. The number of nitrogens with one attached hydrogen (secondary N) is 1. The Morgan fingerprint density at radius 1 is 1.04 bits per heavy atom. The van der Waals surface area contributed by atoms with Gasteiger partial charge in [-0.05, 0) is 78.7 Å². The highest BCUT2D eigenvalue weighted by Gasteiger charge is 2.59. The number of aromatic nitrogens is 2. The van der Waals surface area contributed by atoms with Gasteiger partial charge in [0.2, 0.25) is 0 Å². The molecule has 2 aromatic rings. The van der Waals surface area contributed by atoms with Crippen LogP contribution in [-0.4, -0.2) is 124 Å². The Kier molecular flexibility index (Phi) is 13.6. The number of halogens is 1. The summed E-state index contributed by atoms with van der Waals surface area (Å²) >= 11 is 0. The molecular weight excluding hydrogens is 739 g/mol. The van der Waals surface area contributed by atoms with E-state index in [9.17, 15) is 24.3 Å². The van der Waals surface area contributed by atoms with E-state index in [0.29, 0.717) is 18.4 Å². The van der Waals surface area contributed by atoms with Crippen molar-refractivity contribution in [3.8, 4) is 0 Å². The molecule has 3 fully saturated rings. The van der Waals surface area contributed by atoms with Crippen LogP contribution in [0.25, 0.3) is 17.1 Å². The number of hydrogen-bond donors (Lipinski definition) is 2. The number of aliphatic hydroxyl groups is 1. The minimum absolute atomic E-state index is 0.0442. The molecular formula is C42H59FN4O10. The summed E-state index contributed by atoms with van der Waals surface area (Å²) in [4.78, 5) is 66.1. The van der Waals surface area contributed by atoms with E-state index < -0.39 is 83.1 Å². The van der Waals surface area contributed by atoms with Crippen LogP contribution in [-0.2, 0) is 38.1 Å². The van der Waals surface area contributed by atoms with Gasteiger partial charge in [0.05, 0.1) is 41.5 Å². The van der Waals surface area contributed by atoms with Crippen molar-refractivity contribution in [3.05, 3.63) is 42.2 Å². The molecule has 3 saturated heterocycles. The zero-order valence-electron chi connectivity index (χ0n) is 34.7. The molecule has 0 bridgehead atoms. The standard InChI is InChI=1S/C42H59FN4O10/c1-11-13-31-42(8)34(46-39(52)57-42)25(4)32(48)23(2)22-40(6,53-19-12-14-27-15-16-28-29(21-27)45-18-17-44-28)36(26(5)35(50)41(7,43)38(51)55-31)56-37-33(49)30(47(9)10)20-24(3)54-37/h12,14-18,21,23-26,30-31,33-34,36-37,49H,11,13,19-20,22H2,1-10H3,(H,46,52)/b14-12+/t23-,24-,25+,26+,30+,31-,33-,34+,36-,37?,40-,41+,42-/m1/s1.